The van der Waals surface area contributed by atoms with E-state index in [0.717, 1.165) is 19.3 Å². The maximum atomic E-state index is 12.7. The largest absolute Gasteiger partial charge is 0.459 e. The zero-order valence-corrected chi connectivity index (χ0v) is 34.1. The van der Waals surface area contributed by atoms with Crippen LogP contribution in [0.25, 0.3) is 0 Å². The molecule has 0 aliphatic heterocycles. The SMILES string of the molecule is C=C(C)C(=O)OCCOC(=O)NC1CC(C)(C)CC(C)(CNC(=O)OCC(=O)CNCC2(C)CC(NC(=O)OCCOCCOC(=O)NC)CC(C)(C)C2)C1. The Morgan fingerprint density at radius 3 is 1.60 bits per heavy atom. The Bertz CT molecular complexity index is 1340. The first-order valence-electron chi connectivity index (χ1n) is 18.9. The molecule has 55 heavy (non-hydrogen) atoms. The molecule has 0 radical (unpaired) electrons. The van der Waals surface area contributed by atoms with E-state index in [1.165, 1.54) is 14.0 Å². The van der Waals surface area contributed by atoms with Crippen molar-refractivity contribution in [2.24, 2.45) is 21.7 Å². The quantitative estimate of drug-likeness (QED) is 0.0512. The van der Waals surface area contributed by atoms with Crippen LogP contribution in [0.3, 0.4) is 0 Å². The van der Waals surface area contributed by atoms with Crippen LogP contribution < -0.4 is 26.6 Å². The Kier molecular flexibility index (Phi) is 18.7. The summed E-state index contributed by atoms with van der Waals surface area (Å²) in [7, 11) is 1.46. The predicted molar refractivity (Wildman–Crippen MR) is 202 cm³/mol. The van der Waals surface area contributed by atoms with Crippen molar-refractivity contribution in [3.8, 4) is 0 Å². The van der Waals surface area contributed by atoms with Gasteiger partial charge in [-0.05, 0) is 67.1 Å². The predicted octanol–water partition coefficient (Wildman–Crippen LogP) is 3.99. The first kappa shape index (κ1) is 47.0. The maximum Gasteiger partial charge on any atom is 0.407 e. The fourth-order valence-corrected chi connectivity index (χ4v) is 8.15. The summed E-state index contributed by atoms with van der Waals surface area (Å²) < 4.78 is 30.8. The van der Waals surface area contributed by atoms with Gasteiger partial charge in [0.05, 0.1) is 19.8 Å². The molecular weight excluding hydrogens is 718 g/mol. The van der Waals surface area contributed by atoms with Crippen LogP contribution in [0, 0.1) is 21.7 Å². The van der Waals surface area contributed by atoms with Gasteiger partial charge >= 0.3 is 30.3 Å². The van der Waals surface area contributed by atoms with Crippen LogP contribution in [-0.2, 0) is 38.0 Å². The number of Topliss-reactive ketones (excluding diaryl/α,β-unsaturated/α-hetero) is 1. The van der Waals surface area contributed by atoms with Gasteiger partial charge in [-0.25, -0.2) is 24.0 Å². The minimum absolute atomic E-state index is 0.0171. The first-order chi connectivity index (χ1) is 25.6. The highest BCUT2D eigenvalue weighted by molar-refractivity contribution is 5.87. The summed E-state index contributed by atoms with van der Waals surface area (Å²) in [6.07, 6.45) is 2.01. The molecule has 4 atom stereocenters. The highest BCUT2D eigenvalue weighted by Crippen LogP contribution is 2.47. The summed E-state index contributed by atoms with van der Waals surface area (Å²) >= 11 is 0. The van der Waals surface area contributed by atoms with Crippen molar-refractivity contribution in [1.29, 1.82) is 0 Å². The summed E-state index contributed by atoms with van der Waals surface area (Å²) in [6, 6.07) is -0.338. The summed E-state index contributed by atoms with van der Waals surface area (Å²) in [6.45, 7) is 18.4. The molecule has 0 spiro atoms. The summed E-state index contributed by atoms with van der Waals surface area (Å²) in [4.78, 5) is 72.7. The maximum absolute atomic E-state index is 12.7. The third-order valence-corrected chi connectivity index (χ3v) is 9.45. The van der Waals surface area contributed by atoms with Crippen molar-refractivity contribution < 1.29 is 57.2 Å². The third kappa shape index (κ3) is 19.3. The van der Waals surface area contributed by atoms with Gasteiger partial charge in [-0.15, -0.1) is 0 Å². The van der Waals surface area contributed by atoms with Gasteiger partial charge in [-0.1, -0.05) is 48.1 Å². The zero-order valence-electron chi connectivity index (χ0n) is 34.1. The van der Waals surface area contributed by atoms with Crippen LogP contribution in [0.4, 0.5) is 19.2 Å². The molecule has 4 unspecified atom stereocenters. The number of alkyl carbamates (subject to hydrolysis) is 4. The number of carbonyl (C=O) groups is 6. The van der Waals surface area contributed by atoms with Gasteiger partial charge in [0.25, 0.3) is 0 Å². The number of hydrogen-bond acceptors (Lipinski definition) is 13. The molecule has 0 aromatic carbocycles. The average Bonchev–Trinajstić information content (AvgIpc) is 3.05. The lowest BCUT2D eigenvalue weighted by Crippen LogP contribution is -2.50. The van der Waals surface area contributed by atoms with E-state index in [0.29, 0.717) is 25.8 Å². The van der Waals surface area contributed by atoms with Crippen molar-refractivity contribution in [2.75, 3.05) is 72.9 Å². The second-order valence-corrected chi connectivity index (χ2v) is 17.1. The molecule has 0 bridgehead atoms. The molecule has 5 N–H and O–H groups in total. The first-order valence-corrected chi connectivity index (χ1v) is 18.9. The molecule has 0 heterocycles. The number of amides is 4. The molecule has 0 aromatic heterocycles. The number of ketones is 1. The number of carbonyl (C=O) groups excluding carboxylic acids is 6. The van der Waals surface area contributed by atoms with Crippen LogP contribution in [0.1, 0.15) is 87.0 Å². The van der Waals surface area contributed by atoms with Gasteiger partial charge in [0, 0.05) is 37.8 Å². The van der Waals surface area contributed by atoms with Gasteiger partial charge in [-0.3, -0.25) is 4.79 Å². The van der Waals surface area contributed by atoms with E-state index in [4.69, 9.17) is 28.4 Å². The molecule has 17 heteroatoms. The van der Waals surface area contributed by atoms with E-state index in [1.54, 1.807) is 0 Å². The van der Waals surface area contributed by atoms with Crippen LogP contribution in [0.5, 0.6) is 0 Å². The number of hydrogen-bond donors (Lipinski definition) is 5. The van der Waals surface area contributed by atoms with E-state index in [1.807, 2.05) is 6.92 Å². The smallest absolute Gasteiger partial charge is 0.407 e. The highest BCUT2D eigenvalue weighted by Gasteiger charge is 2.43. The molecule has 4 amide bonds. The standard InChI is InChI=1S/C38H65N5O12/c1-26(2)30(45)51-14-15-54-34(49)43-28-17-36(5,6)23-38(8,19-28)25-41-32(47)55-21-29(44)20-40-24-37(7)18-27(16-35(3,4)22-37)42-33(48)53-13-11-50-10-12-52-31(46)39-9/h27-28,40H,1,10-25H2,2-9H3,(H,39,46)(H,41,47)(H,42,48)(H,43,49). The van der Waals surface area contributed by atoms with Crippen LogP contribution in [-0.4, -0.2) is 121 Å². The Morgan fingerprint density at radius 2 is 1.09 bits per heavy atom. The van der Waals surface area contributed by atoms with Crippen molar-refractivity contribution in [1.82, 2.24) is 26.6 Å². The summed E-state index contributed by atoms with van der Waals surface area (Å²) in [5.74, 6) is -0.831. The Morgan fingerprint density at radius 1 is 0.618 bits per heavy atom. The normalized spacial score (nSPS) is 23.9. The Labute approximate surface area is 325 Å². The summed E-state index contributed by atoms with van der Waals surface area (Å²) in [5, 5.41) is 14.2. The molecule has 2 saturated carbocycles. The minimum atomic E-state index is -0.699. The third-order valence-electron chi connectivity index (χ3n) is 9.45. The number of esters is 1. The number of rotatable bonds is 20. The van der Waals surface area contributed by atoms with Crippen molar-refractivity contribution in [3.05, 3.63) is 12.2 Å². The molecule has 2 fully saturated rings. The number of ether oxygens (including phenoxy) is 6. The van der Waals surface area contributed by atoms with Gasteiger partial charge in [0.15, 0.2) is 12.4 Å². The molecule has 2 rings (SSSR count). The monoisotopic (exact) mass is 783 g/mol. The molecule has 0 saturated heterocycles. The number of nitrogens with one attached hydrogen (secondary N) is 5. The second kappa shape index (κ2) is 21.8. The molecule has 2 aliphatic carbocycles. The lowest BCUT2D eigenvalue weighted by atomic mass is 9.62. The van der Waals surface area contributed by atoms with E-state index in [9.17, 15) is 28.8 Å². The fraction of sp³-hybridized carbons (Fsp3) is 0.789. The van der Waals surface area contributed by atoms with Crippen molar-refractivity contribution in [3.63, 3.8) is 0 Å². The van der Waals surface area contributed by atoms with Crippen molar-refractivity contribution in [2.45, 2.75) is 99.1 Å². The van der Waals surface area contributed by atoms with Crippen LogP contribution >= 0.6 is 0 Å². The van der Waals surface area contributed by atoms with E-state index in [-0.39, 0.29) is 104 Å². The lowest BCUT2D eigenvalue weighted by Gasteiger charge is -2.46. The molecule has 314 valence electrons. The van der Waals surface area contributed by atoms with Gasteiger partial charge in [-0.2, -0.15) is 0 Å². The average molecular weight is 784 g/mol. The van der Waals surface area contributed by atoms with Crippen molar-refractivity contribution >= 4 is 36.1 Å². The highest BCUT2D eigenvalue weighted by atomic mass is 16.6. The minimum Gasteiger partial charge on any atom is -0.459 e. The lowest BCUT2D eigenvalue weighted by molar-refractivity contribution is -0.140. The van der Waals surface area contributed by atoms with Crippen LogP contribution in [0.15, 0.2) is 12.2 Å². The Balaban J connectivity index is 1.71. The molecule has 2 aliphatic rings. The second-order valence-electron chi connectivity index (χ2n) is 17.1. The summed E-state index contributed by atoms with van der Waals surface area (Å²) in [5.41, 5.74) is -0.541. The van der Waals surface area contributed by atoms with Gasteiger partial charge in [0.2, 0.25) is 0 Å². The topological polar surface area (TPSA) is 218 Å². The van der Waals surface area contributed by atoms with Gasteiger partial charge < -0.3 is 55.0 Å². The van der Waals surface area contributed by atoms with E-state index >= 15 is 0 Å². The molecule has 0 aromatic rings. The van der Waals surface area contributed by atoms with E-state index < -0.39 is 30.3 Å². The fourth-order valence-electron chi connectivity index (χ4n) is 8.15. The zero-order chi connectivity index (χ0) is 41.3. The van der Waals surface area contributed by atoms with E-state index in [2.05, 4.69) is 67.8 Å². The van der Waals surface area contributed by atoms with Crippen LogP contribution in [0.2, 0.25) is 0 Å². The molecule has 17 nitrogen and oxygen atoms in total. The van der Waals surface area contributed by atoms with Gasteiger partial charge in [0.1, 0.15) is 26.4 Å². The Hall–Kier alpha value is -4.12. The molecular formula is C38H65N5O12.